The van der Waals surface area contributed by atoms with Gasteiger partial charge in [0.2, 0.25) is 20.0 Å². The van der Waals surface area contributed by atoms with Crippen LogP contribution in [0.15, 0.2) is 38.6 Å². The lowest BCUT2D eigenvalue weighted by atomic mass is 10.2. The molecular weight excluding hydrogens is 378 g/mol. The molecule has 0 aliphatic carbocycles. The Kier molecular flexibility index (Phi) is 5.20. The molecule has 2 heterocycles. The van der Waals surface area contributed by atoms with E-state index in [2.05, 4.69) is 9.88 Å². The lowest BCUT2D eigenvalue weighted by Gasteiger charge is -2.15. The molecule has 26 heavy (non-hydrogen) atoms. The smallest absolute Gasteiger partial charge is 0.243 e. The average Bonchev–Trinajstić information content (AvgIpc) is 3.25. The second-order valence-corrected chi connectivity index (χ2v) is 9.91. The summed E-state index contributed by atoms with van der Waals surface area (Å²) in [5.74, 6) is 0.553. The maximum atomic E-state index is 12.5. The van der Waals surface area contributed by atoms with E-state index in [-0.39, 0.29) is 16.3 Å². The first-order valence-electron chi connectivity index (χ1n) is 8.23. The van der Waals surface area contributed by atoms with E-state index in [1.54, 1.807) is 13.8 Å². The predicted molar refractivity (Wildman–Crippen MR) is 94.4 cm³/mol. The molecule has 3 rings (SSSR count). The third-order valence-corrected chi connectivity index (χ3v) is 7.79. The molecule has 0 bridgehead atoms. The molecule has 1 N–H and O–H groups in total. The fraction of sp³-hybridized carbons (Fsp3) is 0.438. The quantitative estimate of drug-likeness (QED) is 0.789. The molecule has 0 amide bonds. The Morgan fingerprint density at radius 1 is 1.04 bits per heavy atom. The van der Waals surface area contributed by atoms with Crippen LogP contribution in [-0.2, 0) is 26.6 Å². The third-order valence-electron chi connectivity index (χ3n) is 4.46. The fourth-order valence-corrected chi connectivity index (χ4v) is 5.39. The molecule has 0 spiro atoms. The van der Waals surface area contributed by atoms with Gasteiger partial charge in [-0.1, -0.05) is 5.16 Å². The topological polar surface area (TPSA) is 110 Å². The average molecular weight is 399 g/mol. The summed E-state index contributed by atoms with van der Waals surface area (Å²) in [6, 6.07) is 5.27. The molecule has 8 nitrogen and oxygen atoms in total. The second kappa shape index (κ2) is 7.10. The zero-order valence-corrected chi connectivity index (χ0v) is 16.2. The van der Waals surface area contributed by atoms with Crippen molar-refractivity contribution in [3.63, 3.8) is 0 Å². The Morgan fingerprint density at radius 3 is 2.15 bits per heavy atom. The van der Waals surface area contributed by atoms with Crippen molar-refractivity contribution in [3.05, 3.63) is 41.3 Å². The van der Waals surface area contributed by atoms with Crippen molar-refractivity contribution in [2.24, 2.45) is 0 Å². The van der Waals surface area contributed by atoms with Gasteiger partial charge in [0, 0.05) is 25.2 Å². The lowest BCUT2D eigenvalue weighted by Crippen LogP contribution is -2.28. The highest BCUT2D eigenvalue weighted by atomic mass is 32.2. The van der Waals surface area contributed by atoms with E-state index < -0.39 is 20.0 Å². The summed E-state index contributed by atoms with van der Waals surface area (Å²) in [7, 11) is -7.34. The Morgan fingerprint density at radius 2 is 1.62 bits per heavy atom. The molecule has 1 fully saturated rings. The minimum absolute atomic E-state index is 0.00429. The van der Waals surface area contributed by atoms with Crippen molar-refractivity contribution in [3.8, 4) is 0 Å². The van der Waals surface area contributed by atoms with Crippen LogP contribution in [0.1, 0.15) is 29.9 Å². The summed E-state index contributed by atoms with van der Waals surface area (Å²) in [5.41, 5.74) is 1.30. The van der Waals surface area contributed by atoms with Crippen LogP contribution in [-0.4, -0.2) is 39.4 Å². The first-order chi connectivity index (χ1) is 12.2. The van der Waals surface area contributed by atoms with Gasteiger partial charge in [-0.3, -0.25) is 0 Å². The fourth-order valence-electron chi connectivity index (χ4n) is 2.87. The molecule has 2 aromatic rings. The van der Waals surface area contributed by atoms with Gasteiger partial charge >= 0.3 is 0 Å². The highest BCUT2D eigenvalue weighted by Gasteiger charge is 2.27. The Labute approximate surface area is 153 Å². The molecule has 0 unspecified atom stereocenters. The van der Waals surface area contributed by atoms with E-state index >= 15 is 0 Å². The first kappa shape index (κ1) is 19.0. The standard InChI is InChI=1S/C16H21N3O5S2/c1-12-16(13(2)24-18-12)11-17-25(20,21)14-5-7-15(8-6-14)26(22,23)19-9-3-4-10-19/h5-8,17H,3-4,9-11H2,1-2H3. The van der Waals surface area contributed by atoms with Crippen LogP contribution in [0.25, 0.3) is 0 Å². The number of nitrogens with one attached hydrogen (secondary N) is 1. The number of nitrogens with zero attached hydrogens (tertiary/aromatic N) is 2. The van der Waals surface area contributed by atoms with Gasteiger partial charge in [0.05, 0.1) is 15.5 Å². The lowest BCUT2D eigenvalue weighted by molar-refractivity contribution is 0.392. The molecule has 142 valence electrons. The number of rotatable bonds is 6. The first-order valence-corrected chi connectivity index (χ1v) is 11.2. The predicted octanol–water partition coefficient (Wildman–Crippen LogP) is 1.55. The van der Waals surface area contributed by atoms with Crippen molar-refractivity contribution in [1.29, 1.82) is 0 Å². The molecule has 1 aromatic heterocycles. The van der Waals surface area contributed by atoms with Crippen LogP contribution in [0.4, 0.5) is 0 Å². The Balaban J connectivity index is 1.77. The van der Waals surface area contributed by atoms with Crippen molar-refractivity contribution in [2.45, 2.75) is 43.0 Å². The maximum absolute atomic E-state index is 12.5. The third kappa shape index (κ3) is 3.68. The zero-order valence-electron chi connectivity index (χ0n) is 14.6. The van der Waals surface area contributed by atoms with Crippen LogP contribution >= 0.6 is 0 Å². The molecule has 1 aliphatic heterocycles. The van der Waals surface area contributed by atoms with Crippen LogP contribution < -0.4 is 4.72 Å². The van der Waals surface area contributed by atoms with E-state index in [1.165, 1.54) is 28.6 Å². The van der Waals surface area contributed by atoms with Crippen LogP contribution in [0.3, 0.4) is 0 Å². The molecular formula is C16H21N3O5S2. The maximum Gasteiger partial charge on any atom is 0.243 e. The van der Waals surface area contributed by atoms with Crippen molar-refractivity contribution in [1.82, 2.24) is 14.2 Å². The van der Waals surface area contributed by atoms with Gasteiger partial charge in [0.25, 0.3) is 0 Å². The Hall–Kier alpha value is -1.75. The van der Waals surface area contributed by atoms with Crippen LogP contribution in [0.2, 0.25) is 0 Å². The van der Waals surface area contributed by atoms with Crippen LogP contribution in [0, 0.1) is 13.8 Å². The SMILES string of the molecule is Cc1noc(C)c1CNS(=O)(=O)c1ccc(S(=O)(=O)N2CCCC2)cc1. The number of sulfonamides is 2. The van der Waals surface area contributed by atoms with Gasteiger partial charge in [0.1, 0.15) is 5.76 Å². The van der Waals surface area contributed by atoms with E-state index in [1.807, 2.05) is 0 Å². The number of aromatic nitrogens is 1. The van der Waals surface area contributed by atoms with Gasteiger partial charge < -0.3 is 4.52 Å². The molecule has 0 atom stereocenters. The number of aryl methyl sites for hydroxylation is 2. The molecule has 1 aliphatic rings. The summed E-state index contributed by atoms with van der Waals surface area (Å²) < 4.78 is 58.8. The number of hydrogen-bond acceptors (Lipinski definition) is 6. The van der Waals surface area contributed by atoms with E-state index in [0.29, 0.717) is 30.1 Å². The van der Waals surface area contributed by atoms with E-state index in [4.69, 9.17) is 4.52 Å². The minimum Gasteiger partial charge on any atom is -0.361 e. The van der Waals surface area contributed by atoms with E-state index in [0.717, 1.165) is 12.8 Å². The highest BCUT2D eigenvalue weighted by Crippen LogP contribution is 2.22. The monoisotopic (exact) mass is 399 g/mol. The second-order valence-electron chi connectivity index (χ2n) is 6.21. The van der Waals surface area contributed by atoms with Gasteiger partial charge in [0.15, 0.2) is 0 Å². The zero-order chi connectivity index (χ0) is 18.9. The number of benzene rings is 1. The van der Waals surface area contributed by atoms with Gasteiger partial charge in [-0.15, -0.1) is 0 Å². The summed E-state index contributed by atoms with van der Waals surface area (Å²) in [6.07, 6.45) is 1.69. The summed E-state index contributed by atoms with van der Waals surface area (Å²) in [4.78, 5) is 0.105. The molecule has 10 heteroatoms. The molecule has 0 radical (unpaired) electrons. The summed E-state index contributed by atoms with van der Waals surface area (Å²) in [5, 5.41) is 3.78. The van der Waals surface area contributed by atoms with Crippen molar-refractivity contribution >= 4 is 20.0 Å². The Bertz CT molecular complexity index is 970. The van der Waals surface area contributed by atoms with Crippen LogP contribution in [0.5, 0.6) is 0 Å². The summed E-state index contributed by atoms with van der Waals surface area (Å²) in [6.45, 7) is 4.50. The molecule has 0 saturated carbocycles. The highest BCUT2D eigenvalue weighted by molar-refractivity contribution is 7.89. The summed E-state index contributed by atoms with van der Waals surface area (Å²) >= 11 is 0. The van der Waals surface area contributed by atoms with Gasteiger partial charge in [-0.05, 0) is 51.0 Å². The van der Waals surface area contributed by atoms with Gasteiger partial charge in [-0.2, -0.15) is 4.31 Å². The molecule has 1 aromatic carbocycles. The molecule has 1 saturated heterocycles. The normalized spacial score (nSPS) is 16.2. The number of hydrogen-bond donors (Lipinski definition) is 1. The van der Waals surface area contributed by atoms with Crippen molar-refractivity contribution < 1.29 is 21.4 Å². The largest absolute Gasteiger partial charge is 0.361 e. The van der Waals surface area contributed by atoms with Gasteiger partial charge in [-0.25, -0.2) is 21.6 Å². The minimum atomic E-state index is -3.78. The van der Waals surface area contributed by atoms with Crippen molar-refractivity contribution in [2.75, 3.05) is 13.1 Å². The van der Waals surface area contributed by atoms with E-state index in [9.17, 15) is 16.8 Å².